The highest BCUT2D eigenvalue weighted by molar-refractivity contribution is 8.24. The average Bonchev–Trinajstić information content (AvgIpc) is 2.88. The summed E-state index contributed by atoms with van der Waals surface area (Å²) in [5.41, 5.74) is 1.28. The number of barbiturate groups is 1. The number of carbonyl (C=O) groups is 3. The van der Waals surface area contributed by atoms with Crippen LogP contribution in [0.15, 0.2) is 37.8 Å². The fourth-order valence-electron chi connectivity index (χ4n) is 2.48. The van der Waals surface area contributed by atoms with Crippen molar-refractivity contribution in [3.63, 3.8) is 0 Å². The maximum atomic E-state index is 12.5. The van der Waals surface area contributed by atoms with Gasteiger partial charge in [0.05, 0.1) is 4.24 Å². The van der Waals surface area contributed by atoms with Crippen molar-refractivity contribution in [2.45, 2.75) is 42.9 Å². The zero-order chi connectivity index (χ0) is 17.6. The molecule has 7 heteroatoms. The van der Waals surface area contributed by atoms with E-state index in [1.807, 2.05) is 6.07 Å². The van der Waals surface area contributed by atoms with Gasteiger partial charge in [-0.25, -0.2) is 4.79 Å². The number of likely N-dealkylation sites (N-methyl/N-ethyl adjacent to an activating group) is 1. The quantitative estimate of drug-likeness (QED) is 0.612. The molecule has 1 N–H and O–H groups in total. The van der Waals surface area contributed by atoms with Crippen molar-refractivity contribution in [1.82, 2.24) is 10.2 Å². The largest absolute Gasteiger partial charge is 0.331 e. The minimum atomic E-state index is -0.655. The molecule has 126 valence electrons. The molecular formula is C17H18N2O3S2. The van der Waals surface area contributed by atoms with E-state index in [2.05, 4.69) is 38.2 Å². The van der Waals surface area contributed by atoms with Crippen LogP contribution in [0.25, 0.3) is 0 Å². The smallest absolute Gasteiger partial charge is 0.273 e. The highest BCUT2D eigenvalue weighted by Gasteiger charge is 2.39. The Morgan fingerprint density at radius 3 is 2.38 bits per heavy atom. The molecule has 2 aliphatic rings. The monoisotopic (exact) mass is 362 g/mol. The van der Waals surface area contributed by atoms with Crippen molar-refractivity contribution >= 4 is 41.4 Å². The van der Waals surface area contributed by atoms with Crippen molar-refractivity contribution < 1.29 is 14.4 Å². The lowest BCUT2D eigenvalue weighted by Gasteiger charge is -2.25. The van der Waals surface area contributed by atoms with Gasteiger partial charge < -0.3 is 0 Å². The lowest BCUT2D eigenvalue weighted by Crippen LogP contribution is -2.54. The summed E-state index contributed by atoms with van der Waals surface area (Å²) in [6, 6.07) is 5.55. The lowest BCUT2D eigenvalue weighted by atomic mass is 9.87. The number of rotatable bonds is 1. The van der Waals surface area contributed by atoms with Crippen molar-refractivity contribution in [2.24, 2.45) is 0 Å². The average molecular weight is 362 g/mol. The van der Waals surface area contributed by atoms with E-state index in [1.54, 1.807) is 6.92 Å². The Kier molecular flexibility index (Phi) is 4.25. The predicted octanol–water partition coefficient (Wildman–Crippen LogP) is 3.49. The number of benzene rings is 1. The Balaban J connectivity index is 1.99. The summed E-state index contributed by atoms with van der Waals surface area (Å²) in [6.45, 7) is 8.36. The summed E-state index contributed by atoms with van der Waals surface area (Å²) >= 11 is 2.82. The number of carbonyl (C=O) groups excluding carboxylic acids is 3. The molecule has 0 radical (unpaired) electrons. The second kappa shape index (κ2) is 5.97. The lowest BCUT2D eigenvalue weighted by molar-refractivity contribution is -0.130. The standard InChI is InChI=1S/C17H18N2O3S2/c1-5-19-14(21)12(13(20)18-16(19)22)15-23-10-7-6-9(17(2,3)4)8-11(10)24-15/h6-8H,5H2,1-4H3,(H,18,20,22)/b15-12-. The van der Waals surface area contributed by atoms with Gasteiger partial charge in [-0.1, -0.05) is 50.4 Å². The van der Waals surface area contributed by atoms with Crippen LogP contribution < -0.4 is 5.32 Å². The maximum Gasteiger partial charge on any atom is 0.331 e. The first-order chi connectivity index (χ1) is 11.2. The molecule has 0 unspecified atom stereocenters. The molecule has 2 aliphatic heterocycles. The molecule has 1 aromatic rings. The van der Waals surface area contributed by atoms with E-state index < -0.39 is 17.8 Å². The highest BCUT2D eigenvalue weighted by Crippen LogP contribution is 2.53. The number of hydrogen-bond donors (Lipinski definition) is 1. The van der Waals surface area contributed by atoms with Gasteiger partial charge in [0, 0.05) is 16.3 Å². The van der Waals surface area contributed by atoms with Crippen molar-refractivity contribution in [2.75, 3.05) is 6.54 Å². The Labute approximate surface area is 149 Å². The van der Waals surface area contributed by atoms with Gasteiger partial charge in [-0.3, -0.25) is 19.8 Å². The van der Waals surface area contributed by atoms with Crippen molar-refractivity contribution in [1.29, 1.82) is 0 Å². The summed E-state index contributed by atoms with van der Waals surface area (Å²) in [5.74, 6) is -1.14. The molecule has 2 heterocycles. The molecule has 3 rings (SSSR count). The van der Waals surface area contributed by atoms with E-state index in [-0.39, 0.29) is 17.5 Å². The second-order valence-corrected chi connectivity index (χ2v) is 8.95. The van der Waals surface area contributed by atoms with Crippen LogP contribution in [-0.4, -0.2) is 29.3 Å². The van der Waals surface area contributed by atoms with Gasteiger partial charge in [0.2, 0.25) is 0 Å². The third kappa shape index (κ3) is 2.86. The zero-order valence-corrected chi connectivity index (χ0v) is 15.6. The molecule has 1 aromatic carbocycles. The molecule has 1 saturated heterocycles. The maximum absolute atomic E-state index is 12.5. The molecule has 0 aliphatic carbocycles. The minimum absolute atomic E-state index is 0.0274. The van der Waals surface area contributed by atoms with E-state index in [0.29, 0.717) is 4.24 Å². The second-order valence-electron chi connectivity index (χ2n) is 6.59. The summed E-state index contributed by atoms with van der Waals surface area (Å²) in [4.78, 5) is 39.5. The topological polar surface area (TPSA) is 66.5 Å². The van der Waals surface area contributed by atoms with Crippen LogP contribution in [0.1, 0.15) is 33.3 Å². The van der Waals surface area contributed by atoms with Crippen molar-refractivity contribution in [3.8, 4) is 0 Å². The molecule has 0 aromatic heterocycles. The molecule has 0 spiro atoms. The van der Waals surface area contributed by atoms with E-state index in [1.165, 1.54) is 29.1 Å². The van der Waals surface area contributed by atoms with Gasteiger partial charge in [-0.05, 0) is 30.0 Å². The van der Waals surface area contributed by atoms with E-state index >= 15 is 0 Å². The minimum Gasteiger partial charge on any atom is -0.273 e. The van der Waals surface area contributed by atoms with Crippen molar-refractivity contribution in [3.05, 3.63) is 33.6 Å². The summed E-state index contributed by atoms with van der Waals surface area (Å²) in [5, 5.41) is 2.24. The number of hydrogen-bond acceptors (Lipinski definition) is 5. The number of amides is 4. The van der Waals surface area contributed by atoms with Crippen LogP contribution in [0.5, 0.6) is 0 Å². The number of nitrogens with one attached hydrogen (secondary N) is 1. The van der Waals surface area contributed by atoms with Crippen LogP contribution in [0, 0.1) is 0 Å². The summed E-state index contributed by atoms with van der Waals surface area (Å²) in [7, 11) is 0. The van der Waals surface area contributed by atoms with Gasteiger partial charge >= 0.3 is 6.03 Å². The Hall–Kier alpha value is -1.73. The zero-order valence-electron chi connectivity index (χ0n) is 13.9. The Morgan fingerprint density at radius 1 is 1.08 bits per heavy atom. The third-order valence-electron chi connectivity index (χ3n) is 3.89. The molecule has 0 saturated carbocycles. The van der Waals surface area contributed by atoms with Crippen LogP contribution in [0.3, 0.4) is 0 Å². The fraction of sp³-hybridized carbons (Fsp3) is 0.353. The number of nitrogens with zero attached hydrogens (tertiary/aromatic N) is 1. The first-order valence-electron chi connectivity index (χ1n) is 7.64. The summed E-state index contributed by atoms with van der Waals surface area (Å²) in [6.07, 6.45) is 0. The van der Waals surface area contributed by atoms with E-state index in [9.17, 15) is 14.4 Å². The van der Waals surface area contributed by atoms with E-state index in [0.717, 1.165) is 14.7 Å². The van der Waals surface area contributed by atoms with Gasteiger partial charge in [0.25, 0.3) is 11.8 Å². The van der Waals surface area contributed by atoms with Gasteiger partial charge in [-0.2, -0.15) is 0 Å². The number of imide groups is 2. The molecule has 5 nitrogen and oxygen atoms in total. The van der Waals surface area contributed by atoms with Gasteiger partial charge in [0.1, 0.15) is 5.57 Å². The highest BCUT2D eigenvalue weighted by atomic mass is 32.2. The SMILES string of the molecule is CCN1C(=O)NC(=O)/C(=C2\Sc3ccc(C(C)(C)C)cc3S2)C1=O. The number of fused-ring (bicyclic) bond motifs is 1. The molecule has 0 bridgehead atoms. The van der Waals surface area contributed by atoms with Gasteiger partial charge in [0.15, 0.2) is 0 Å². The summed E-state index contributed by atoms with van der Waals surface area (Å²) < 4.78 is 0.629. The molecule has 0 atom stereocenters. The van der Waals surface area contributed by atoms with Crippen LogP contribution in [0.4, 0.5) is 4.79 Å². The normalized spacial score (nSPS) is 21.2. The van der Waals surface area contributed by atoms with Gasteiger partial charge in [-0.15, -0.1) is 0 Å². The van der Waals surface area contributed by atoms with Crippen LogP contribution >= 0.6 is 23.5 Å². The predicted molar refractivity (Wildman–Crippen MR) is 94.8 cm³/mol. The first-order valence-corrected chi connectivity index (χ1v) is 9.27. The number of thioether (sulfide) groups is 2. The molecule has 24 heavy (non-hydrogen) atoms. The fourth-order valence-corrected chi connectivity index (χ4v) is 5.05. The first kappa shape index (κ1) is 17.1. The molecule has 1 fully saturated rings. The third-order valence-corrected chi connectivity index (χ3v) is 6.43. The molecule has 4 amide bonds. The molecular weight excluding hydrogens is 344 g/mol. The Bertz CT molecular complexity index is 794. The van der Waals surface area contributed by atoms with Crippen LogP contribution in [-0.2, 0) is 15.0 Å². The van der Waals surface area contributed by atoms with E-state index in [4.69, 9.17) is 0 Å². The Morgan fingerprint density at radius 2 is 1.75 bits per heavy atom. The van der Waals surface area contributed by atoms with Crippen LogP contribution in [0.2, 0.25) is 0 Å². The number of urea groups is 1.